The number of fused-ring (bicyclic) bond motifs is 1. The van der Waals surface area contributed by atoms with Crippen LogP contribution in [-0.4, -0.2) is 66.2 Å². The zero-order chi connectivity index (χ0) is 28.0. The molecule has 0 saturated carbocycles. The summed E-state index contributed by atoms with van der Waals surface area (Å²) in [6.07, 6.45) is -4.45. The van der Waals surface area contributed by atoms with Gasteiger partial charge in [0.15, 0.2) is 0 Å². The van der Waals surface area contributed by atoms with E-state index in [9.17, 15) is 22.8 Å². The molecule has 3 amide bonds. The number of anilines is 1. The van der Waals surface area contributed by atoms with Crippen molar-refractivity contribution in [1.82, 2.24) is 14.7 Å². The summed E-state index contributed by atoms with van der Waals surface area (Å²) in [5.41, 5.74) is 3.21. The van der Waals surface area contributed by atoms with Gasteiger partial charge in [0.05, 0.1) is 0 Å². The van der Waals surface area contributed by atoms with Crippen LogP contribution in [0, 0.1) is 0 Å². The van der Waals surface area contributed by atoms with Crippen LogP contribution in [0.1, 0.15) is 16.7 Å². The molecule has 0 saturated heterocycles. The highest BCUT2D eigenvalue weighted by Gasteiger charge is 2.37. The van der Waals surface area contributed by atoms with Crippen molar-refractivity contribution in [2.75, 3.05) is 32.5 Å². The summed E-state index contributed by atoms with van der Waals surface area (Å²) in [6.45, 7) is 1.76. The smallest absolute Gasteiger partial charge is 0.406 e. The van der Waals surface area contributed by atoms with Crippen molar-refractivity contribution in [3.05, 3.63) is 95.6 Å². The molecule has 0 radical (unpaired) electrons. The topological polar surface area (TPSA) is 65.1 Å². The maximum atomic E-state index is 14.0. The van der Waals surface area contributed by atoms with Crippen LogP contribution in [0.25, 0.3) is 0 Å². The Bertz CT molecular complexity index is 1270. The van der Waals surface area contributed by atoms with Crippen LogP contribution in [0.5, 0.6) is 5.75 Å². The number of nitrogens with zero attached hydrogens (tertiary/aromatic N) is 3. The summed E-state index contributed by atoms with van der Waals surface area (Å²) in [4.78, 5) is 32.8. The second-order valence-corrected chi connectivity index (χ2v) is 9.67. The van der Waals surface area contributed by atoms with E-state index in [1.54, 1.807) is 4.90 Å². The summed E-state index contributed by atoms with van der Waals surface area (Å²) in [6, 6.07) is 21.0. The Kier molecular flexibility index (Phi) is 8.75. The number of hydrogen-bond donors (Lipinski definition) is 1. The Labute approximate surface area is 225 Å². The Morgan fingerprint density at radius 2 is 1.56 bits per heavy atom. The van der Waals surface area contributed by atoms with E-state index in [4.69, 9.17) is 0 Å². The van der Waals surface area contributed by atoms with Crippen molar-refractivity contribution >= 4 is 17.6 Å². The summed E-state index contributed by atoms with van der Waals surface area (Å²) < 4.78 is 41.4. The highest BCUT2D eigenvalue weighted by molar-refractivity contribution is 5.94. The summed E-state index contributed by atoms with van der Waals surface area (Å²) in [5.74, 6) is -0.558. The highest BCUT2D eigenvalue weighted by Crippen LogP contribution is 2.27. The van der Waals surface area contributed by atoms with Gasteiger partial charge < -0.3 is 24.8 Å². The minimum atomic E-state index is -4.81. The lowest BCUT2D eigenvalue weighted by Gasteiger charge is -2.39. The minimum Gasteiger partial charge on any atom is -0.406 e. The van der Waals surface area contributed by atoms with E-state index in [1.165, 1.54) is 17.0 Å². The number of ether oxygens (including phenoxy) is 1. The molecule has 3 aromatic rings. The van der Waals surface area contributed by atoms with E-state index in [0.717, 1.165) is 28.8 Å². The number of rotatable bonds is 8. The molecule has 1 aliphatic heterocycles. The first-order valence-corrected chi connectivity index (χ1v) is 12.6. The van der Waals surface area contributed by atoms with Crippen molar-refractivity contribution in [2.24, 2.45) is 0 Å². The molecule has 0 bridgehead atoms. The Morgan fingerprint density at radius 3 is 2.21 bits per heavy atom. The van der Waals surface area contributed by atoms with Crippen molar-refractivity contribution < 1.29 is 27.5 Å². The van der Waals surface area contributed by atoms with Crippen LogP contribution in [-0.2, 0) is 24.3 Å². The van der Waals surface area contributed by atoms with Crippen molar-refractivity contribution in [2.45, 2.75) is 31.9 Å². The van der Waals surface area contributed by atoms with Crippen LogP contribution in [0.2, 0.25) is 0 Å². The lowest BCUT2D eigenvalue weighted by molar-refractivity contribution is -0.274. The van der Waals surface area contributed by atoms with E-state index < -0.39 is 24.2 Å². The molecule has 1 heterocycles. The zero-order valence-corrected chi connectivity index (χ0v) is 21.8. The number of nitrogens with one attached hydrogen (secondary N) is 1. The second-order valence-electron chi connectivity index (χ2n) is 9.67. The summed E-state index contributed by atoms with van der Waals surface area (Å²) in [5, 5.41) is 2.73. The van der Waals surface area contributed by atoms with Gasteiger partial charge in [0.1, 0.15) is 11.8 Å². The van der Waals surface area contributed by atoms with E-state index in [-0.39, 0.29) is 18.1 Å². The van der Waals surface area contributed by atoms with Crippen molar-refractivity contribution in [3.63, 3.8) is 0 Å². The molecule has 0 aliphatic carbocycles. The van der Waals surface area contributed by atoms with E-state index in [1.807, 2.05) is 73.6 Å². The quantitative estimate of drug-likeness (QED) is 0.430. The molecule has 4 rings (SSSR count). The van der Waals surface area contributed by atoms with Crippen molar-refractivity contribution in [1.29, 1.82) is 0 Å². The van der Waals surface area contributed by atoms with Gasteiger partial charge >= 0.3 is 12.4 Å². The van der Waals surface area contributed by atoms with Gasteiger partial charge in [-0.15, -0.1) is 13.2 Å². The maximum Gasteiger partial charge on any atom is 0.573 e. The van der Waals surface area contributed by atoms with Gasteiger partial charge in [0.2, 0.25) is 5.91 Å². The standard InChI is InChI=1S/C29H31F3N4O3/c1-34(2)16-17-35(19-21-8-4-3-5-9-21)27(37)26-18-22-10-6-7-11-23(22)20-36(26)28(38)33-24-12-14-25(15-13-24)39-29(30,31)32/h3-15,26H,16-20H2,1-2H3,(H,33,38). The number of alkyl halides is 3. The monoisotopic (exact) mass is 540 g/mol. The number of halogens is 3. The van der Waals surface area contributed by atoms with Gasteiger partial charge in [-0.2, -0.15) is 0 Å². The average Bonchev–Trinajstić information content (AvgIpc) is 2.90. The number of hydrogen-bond acceptors (Lipinski definition) is 4. The predicted octanol–water partition coefficient (Wildman–Crippen LogP) is 5.13. The molecule has 0 fully saturated rings. The molecular formula is C29H31F3N4O3. The average molecular weight is 541 g/mol. The number of urea groups is 1. The fourth-order valence-corrected chi connectivity index (χ4v) is 4.49. The first kappa shape index (κ1) is 28.0. The molecule has 39 heavy (non-hydrogen) atoms. The second kappa shape index (κ2) is 12.2. The number of benzene rings is 3. The predicted molar refractivity (Wildman–Crippen MR) is 142 cm³/mol. The molecular weight excluding hydrogens is 509 g/mol. The largest absolute Gasteiger partial charge is 0.573 e. The molecule has 7 nitrogen and oxygen atoms in total. The lowest BCUT2D eigenvalue weighted by Crippen LogP contribution is -2.55. The zero-order valence-electron chi connectivity index (χ0n) is 21.8. The molecule has 0 aromatic heterocycles. The van der Waals surface area contributed by atoms with Gasteiger partial charge in [-0.1, -0.05) is 54.6 Å². The Hall–Kier alpha value is -4.05. The lowest BCUT2D eigenvalue weighted by atomic mass is 9.93. The van der Waals surface area contributed by atoms with E-state index in [2.05, 4.69) is 10.1 Å². The summed E-state index contributed by atoms with van der Waals surface area (Å²) in [7, 11) is 3.87. The first-order chi connectivity index (χ1) is 18.6. The van der Waals surface area contributed by atoms with E-state index >= 15 is 0 Å². The molecule has 0 spiro atoms. The van der Waals surface area contributed by atoms with Gasteiger partial charge in [0.25, 0.3) is 0 Å². The van der Waals surface area contributed by atoms with Crippen LogP contribution >= 0.6 is 0 Å². The number of amides is 3. The van der Waals surface area contributed by atoms with Gasteiger partial charge in [-0.25, -0.2) is 4.79 Å². The normalized spacial score (nSPS) is 15.0. The van der Waals surface area contributed by atoms with Crippen LogP contribution < -0.4 is 10.1 Å². The third kappa shape index (κ3) is 7.73. The molecule has 1 atom stereocenters. The van der Waals surface area contributed by atoms with Crippen LogP contribution in [0.15, 0.2) is 78.9 Å². The van der Waals surface area contributed by atoms with Gasteiger partial charge in [0, 0.05) is 38.3 Å². The Morgan fingerprint density at radius 1 is 0.923 bits per heavy atom. The number of carbonyl (C=O) groups is 2. The SMILES string of the molecule is CN(C)CCN(Cc1ccccc1)C(=O)C1Cc2ccccc2CN1C(=O)Nc1ccc(OC(F)(F)F)cc1. The molecule has 206 valence electrons. The third-order valence-electron chi connectivity index (χ3n) is 6.48. The molecule has 1 aliphatic rings. The molecule has 3 aromatic carbocycles. The first-order valence-electron chi connectivity index (χ1n) is 12.6. The number of likely N-dealkylation sites (N-methyl/N-ethyl adjacent to an activating group) is 1. The summed E-state index contributed by atoms with van der Waals surface area (Å²) >= 11 is 0. The molecule has 10 heteroatoms. The van der Waals surface area contributed by atoms with Crippen molar-refractivity contribution in [3.8, 4) is 5.75 Å². The fraction of sp³-hybridized carbons (Fsp3) is 0.310. The maximum absolute atomic E-state index is 14.0. The Balaban J connectivity index is 1.57. The minimum absolute atomic E-state index is 0.167. The molecule has 1 N–H and O–H groups in total. The van der Waals surface area contributed by atoms with Crippen LogP contribution in [0.3, 0.4) is 0 Å². The van der Waals surface area contributed by atoms with Gasteiger partial charge in [-0.05, 0) is 55.1 Å². The number of carbonyl (C=O) groups excluding carboxylic acids is 2. The fourth-order valence-electron chi connectivity index (χ4n) is 4.49. The van der Waals surface area contributed by atoms with E-state index in [0.29, 0.717) is 26.1 Å². The third-order valence-corrected chi connectivity index (χ3v) is 6.48. The van der Waals surface area contributed by atoms with Crippen LogP contribution in [0.4, 0.5) is 23.7 Å². The van der Waals surface area contributed by atoms with Gasteiger partial charge in [-0.3, -0.25) is 4.79 Å². The highest BCUT2D eigenvalue weighted by atomic mass is 19.4. The molecule has 1 unspecified atom stereocenters.